The van der Waals surface area contributed by atoms with Gasteiger partial charge in [-0.05, 0) is 30.9 Å². The van der Waals surface area contributed by atoms with Crippen LogP contribution in [0.4, 0.5) is 0 Å². The molecule has 1 aromatic carbocycles. The lowest BCUT2D eigenvalue weighted by molar-refractivity contribution is -0.122. The largest absolute Gasteiger partial charge is 0.273 e. The van der Waals surface area contributed by atoms with Crippen molar-refractivity contribution in [1.29, 1.82) is 0 Å². The highest BCUT2D eigenvalue weighted by molar-refractivity contribution is 5.85. The molecule has 1 fully saturated rings. The van der Waals surface area contributed by atoms with Crippen molar-refractivity contribution in [3.8, 4) is 0 Å². The van der Waals surface area contributed by atoms with Gasteiger partial charge >= 0.3 is 0 Å². The van der Waals surface area contributed by atoms with Crippen LogP contribution in [0.1, 0.15) is 24.0 Å². The van der Waals surface area contributed by atoms with Gasteiger partial charge in [0, 0.05) is 5.92 Å². The van der Waals surface area contributed by atoms with Crippen LogP contribution in [0.15, 0.2) is 29.4 Å². The molecule has 0 spiro atoms. The van der Waals surface area contributed by atoms with Crippen molar-refractivity contribution in [3.05, 3.63) is 35.4 Å². The van der Waals surface area contributed by atoms with Crippen molar-refractivity contribution >= 4 is 12.1 Å². The molecular formula is C12H14N2O. The van der Waals surface area contributed by atoms with Crippen LogP contribution in [0, 0.1) is 12.8 Å². The zero-order valence-electron chi connectivity index (χ0n) is 8.73. The molecule has 1 saturated carbocycles. The lowest BCUT2D eigenvalue weighted by atomic mass is 10.1. The van der Waals surface area contributed by atoms with Gasteiger partial charge in [0.15, 0.2) is 0 Å². The Kier molecular flexibility index (Phi) is 2.81. The van der Waals surface area contributed by atoms with Crippen LogP contribution >= 0.6 is 0 Å². The van der Waals surface area contributed by atoms with E-state index in [1.807, 2.05) is 31.2 Å². The quantitative estimate of drug-likeness (QED) is 0.590. The number of hydrogen-bond donors (Lipinski definition) is 1. The number of nitrogens with one attached hydrogen (secondary N) is 1. The Hall–Kier alpha value is -1.64. The lowest BCUT2D eigenvalue weighted by Crippen LogP contribution is -2.19. The second kappa shape index (κ2) is 4.26. The molecule has 3 heteroatoms. The number of amides is 1. The first-order valence-corrected chi connectivity index (χ1v) is 5.16. The first-order chi connectivity index (χ1) is 7.27. The van der Waals surface area contributed by atoms with Gasteiger partial charge in [-0.3, -0.25) is 4.79 Å². The van der Waals surface area contributed by atoms with Gasteiger partial charge in [-0.15, -0.1) is 0 Å². The number of benzene rings is 1. The van der Waals surface area contributed by atoms with Crippen molar-refractivity contribution < 1.29 is 4.79 Å². The van der Waals surface area contributed by atoms with Gasteiger partial charge < -0.3 is 0 Å². The summed E-state index contributed by atoms with van der Waals surface area (Å²) in [5.74, 6) is 0.249. The first kappa shape index (κ1) is 9.90. The summed E-state index contributed by atoms with van der Waals surface area (Å²) in [5, 5.41) is 3.94. The molecule has 0 aromatic heterocycles. The molecule has 1 aromatic rings. The molecule has 15 heavy (non-hydrogen) atoms. The second-order valence-corrected chi connectivity index (χ2v) is 3.87. The summed E-state index contributed by atoms with van der Waals surface area (Å²) >= 11 is 0. The highest BCUT2D eigenvalue weighted by atomic mass is 16.2. The SMILES string of the molecule is Cc1ccccc1/C=N\NC(=O)C1CC1. The highest BCUT2D eigenvalue weighted by Crippen LogP contribution is 2.28. The number of carbonyl (C=O) groups is 1. The van der Waals surface area contributed by atoms with Gasteiger partial charge in [0.1, 0.15) is 0 Å². The molecule has 0 saturated heterocycles. The number of aryl methyl sites for hydroxylation is 1. The molecule has 0 aliphatic heterocycles. The van der Waals surface area contributed by atoms with Crippen molar-refractivity contribution in [2.45, 2.75) is 19.8 Å². The monoisotopic (exact) mass is 202 g/mol. The minimum atomic E-state index is 0.0415. The van der Waals surface area contributed by atoms with Gasteiger partial charge in [0.05, 0.1) is 6.21 Å². The molecule has 0 heterocycles. The third-order valence-corrected chi connectivity index (χ3v) is 2.51. The van der Waals surface area contributed by atoms with E-state index in [1.54, 1.807) is 6.21 Å². The van der Waals surface area contributed by atoms with Crippen molar-refractivity contribution in [2.24, 2.45) is 11.0 Å². The zero-order chi connectivity index (χ0) is 10.7. The second-order valence-electron chi connectivity index (χ2n) is 3.87. The Morgan fingerprint density at radius 1 is 1.47 bits per heavy atom. The lowest BCUT2D eigenvalue weighted by Gasteiger charge is -1.98. The molecular weight excluding hydrogens is 188 g/mol. The Balaban J connectivity index is 1.93. The van der Waals surface area contributed by atoms with Crippen LogP contribution in [0.5, 0.6) is 0 Å². The van der Waals surface area contributed by atoms with Crippen LogP contribution in [-0.4, -0.2) is 12.1 Å². The Morgan fingerprint density at radius 2 is 2.20 bits per heavy atom. The average molecular weight is 202 g/mol. The van der Waals surface area contributed by atoms with Crippen molar-refractivity contribution in [1.82, 2.24) is 5.43 Å². The maximum atomic E-state index is 11.3. The summed E-state index contributed by atoms with van der Waals surface area (Å²) in [6, 6.07) is 7.93. The fraction of sp³-hybridized carbons (Fsp3) is 0.333. The third kappa shape index (κ3) is 2.65. The minimum absolute atomic E-state index is 0.0415. The fourth-order valence-corrected chi connectivity index (χ4v) is 1.33. The summed E-state index contributed by atoms with van der Waals surface area (Å²) in [7, 11) is 0. The number of hydrazone groups is 1. The molecule has 2 rings (SSSR count). The predicted octanol–water partition coefficient (Wildman–Crippen LogP) is 1.86. The van der Waals surface area contributed by atoms with Crippen LogP contribution in [0.3, 0.4) is 0 Å². The highest BCUT2D eigenvalue weighted by Gasteiger charge is 2.29. The molecule has 1 aliphatic carbocycles. The van der Waals surface area contributed by atoms with Crippen LogP contribution < -0.4 is 5.43 Å². The van der Waals surface area contributed by atoms with Gasteiger partial charge in [0.2, 0.25) is 5.91 Å². The van der Waals surface area contributed by atoms with E-state index in [0.717, 1.165) is 24.0 Å². The van der Waals surface area contributed by atoms with E-state index < -0.39 is 0 Å². The van der Waals surface area contributed by atoms with Gasteiger partial charge in [-0.25, -0.2) is 5.43 Å². The number of nitrogens with zero attached hydrogens (tertiary/aromatic N) is 1. The normalized spacial score (nSPS) is 15.5. The topological polar surface area (TPSA) is 41.5 Å². The van der Waals surface area contributed by atoms with Crippen molar-refractivity contribution in [3.63, 3.8) is 0 Å². The molecule has 1 amide bonds. The van der Waals surface area contributed by atoms with Gasteiger partial charge in [0.25, 0.3) is 0 Å². The Bertz CT molecular complexity index is 394. The van der Waals surface area contributed by atoms with E-state index in [2.05, 4.69) is 10.5 Å². The smallest absolute Gasteiger partial charge is 0.243 e. The summed E-state index contributed by atoms with van der Waals surface area (Å²) in [6.45, 7) is 2.02. The van der Waals surface area contributed by atoms with E-state index >= 15 is 0 Å². The summed E-state index contributed by atoms with van der Waals surface area (Å²) < 4.78 is 0. The third-order valence-electron chi connectivity index (χ3n) is 2.51. The fourth-order valence-electron chi connectivity index (χ4n) is 1.33. The molecule has 78 valence electrons. The first-order valence-electron chi connectivity index (χ1n) is 5.16. The van der Waals surface area contributed by atoms with E-state index in [4.69, 9.17) is 0 Å². The average Bonchev–Trinajstić information content (AvgIpc) is 3.04. The van der Waals surface area contributed by atoms with E-state index in [1.165, 1.54) is 0 Å². The van der Waals surface area contributed by atoms with E-state index in [9.17, 15) is 4.79 Å². The van der Waals surface area contributed by atoms with E-state index in [0.29, 0.717) is 0 Å². The summed E-state index contributed by atoms with van der Waals surface area (Å²) in [6.07, 6.45) is 3.70. The molecule has 1 aliphatic rings. The molecule has 0 unspecified atom stereocenters. The Morgan fingerprint density at radius 3 is 2.87 bits per heavy atom. The molecule has 0 atom stereocenters. The zero-order valence-corrected chi connectivity index (χ0v) is 8.73. The summed E-state index contributed by atoms with van der Waals surface area (Å²) in [4.78, 5) is 11.3. The number of carbonyl (C=O) groups excluding carboxylic acids is 1. The minimum Gasteiger partial charge on any atom is -0.273 e. The van der Waals surface area contributed by atoms with Crippen LogP contribution in [0.2, 0.25) is 0 Å². The molecule has 3 nitrogen and oxygen atoms in total. The maximum Gasteiger partial charge on any atom is 0.243 e. The summed E-state index contributed by atoms with van der Waals surface area (Å²) in [5.41, 5.74) is 4.74. The van der Waals surface area contributed by atoms with Crippen LogP contribution in [0.25, 0.3) is 0 Å². The Labute approximate surface area is 89.2 Å². The molecule has 0 radical (unpaired) electrons. The van der Waals surface area contributed by atoms with E-state index in [-0.39, 0.29) is 11.8 Å². The predicted molar refractivity (Wildman–Crippen MR) is 59.6 cm³/mol. The standard InChI is InChI=1S/C12H14N2O/c1-9-4-2-3-5-11(9)8-13-14-12(15)10-6-7-10/h2-5,8,10H,6-7H2,1H3,(H,14,15)/b13-8-. The molecule has 0 bridgehead atoms. The van der Waals surface area contributed by atoms with Gasteiger partial charge in [-0.2, -0.15) is 5.10 Å². The molecule has 1 N–H and O–H groups in total. The number of rotatable bonds is 3. The van der Waals surface area contributed by atoms with Crippen molar-refractivity contribution in [2.75, 3.05) is 0 Å². The number of hydrogen-bond acceptors (Lipinski definition) is 2. The van der Waals surface area contributed by atoms with Crippen LogP contribution in [-0.2, 0) is 4.79 Å². The van der Waals surface area contributed by atoms with Gasteiger partial charge in [-0.1, -0.05) is 24.3 Å². The maximum absolute atomic E-state index is 11.3.